The van der Waals surface area contributed by atoms with Crippen LogP contribution >= 0.6 is 0 Å². The van der Waals surface area contributed by atoms with Crippen LogP contribution in [0, 0.1) is 11.8 Å². The Morgan fingerprint density at radius 3 is 1.94 bits per heavy atom. The summed E-state index contributed by atoms with van der Waals surface area (Å²) in [5.74, 6) is -6.04. The second-order valence-corrected chi connectivity index (χ2v) is 4.26. The van der Waals surface area contributed by atoms with E-state index >= 15 is 0 Å². The zero-order valence-corrected chi connectivity index (χ0v) is 9.11. The van der Waals surface area contributed by atoms with Crippen LogP contribution in [0.3, 0.4) is 0 Å². The van der Waals surface area contributed by atoms with Crippen molar-refractivity contribution in [3.05, 3.63) is 0 Å². The number of alkyl halides is 6. The van der Waals surface area contributed by atoms with Gasteiger partial charge in [0, 0.05) is 12.6 Å². The van der Waals surface area contributed by atoms with Gasteiger partial charge < -0.3 is 11.1 Å². The molecule has 1 aliphatic rings. The molecule has 0 saturated heterocycles. The first kappa shape index (κ1) is 15.1. The highest BCUT2D eigenvalue weighted by Crippen LogP contribution is 2.39. The van der Waals surface area contributed by atoms with E-state index in [1.54, 1.807) is 5.32 Å². The monoisotopic (exact) mass is 278 g/mol. The second kappa shape index (κ2) is 4.94. The zero-order chi connectivity index (χ0) is 14.1. The van der Waals surface area contributed by atoms with E-state index in [-0.39, 0.29) is 12.5 Å². The summed E-state index contributed by atoms with van der Waals surface area (Å²) in [6.45, 7) is -0.383. The first-order chi connectivity index (χ1) is 8.03. The minimum absolute atomic E-state index is 0.0699. The molecule has 1 amide bonds. The van der Waals surface area contributed by atoms with Gasteiger partial charge >= 0.3 is 12.4 Å². The lowest BCUT2D eigenvalue weighted by atomic mass is 10.1. The van der Waals surface area contributed by atoms with Crippen molar-refractivity contribution in [2.45, 2.75) is 31.2 Å². The number of halogens is 6. The third-order valence-electron chi connectivity index (χ3n) is 2.66. The fourth-order valence-corrected chi connectivity index (χ4v) is 1.49. The van der Waals surface area contributed by atoms with Crippen molar-refractivity contribution in [1.82, 2.24) is 5.32 Å². The summed E-state index contributed by atoms with van der Waals surface area (Å²) in [6.07, 6.45) is -9.77. The van der Waals surface area contributed by atoms with Gasteiger partial charge in [0.05, 0.1) is 0 Å². The summed E-state index contributed by atoms with van der Waals surface area (Å²) in [7, 11) is 0. The van der Waals surface area contributed by atoms with E-state index in [2.05, 4.69) is 0 Å². The minimum atomic E-state index is -5.66. The molecule has 1 saturated carbocycles. The maximum absolute atomic E-state index is 12.1. The Kier molecular flexibility index (Phi) is 4.14. The second-order valence-electron chi connectivity index (χ2n) is 4.26. The SMILES string of the molecule is NC(CNC(=O)C(C(F)(F)F)C(F)(F)F)C1CC1. The number of nitrogens with two attached hydrogens (primary N) is 1. The minimum Gasteiger partial charge on any atom is -0.354 e. The molecule has 9 heteroatoms. The van der Waals surface area contributed by atoms with Crippen molar-refractivity contribution in [1.29, 1.82) is 0 Å². The predicted molar refractivity (Wildman–Crippen MR) is 49.3 cm³/mol. The standard InChI is InChI=1S/C9H12F6N2O/c10-8(11,12)6(9(13,14)15)7(18)17-3-5(16)4-1-2-4/h4-6H,1-3,16H2,(H,17,18). The van der Waals surface area contributed by atoms with E-state index in [4.69, 9.17) is 5.73 Å². The molecule has 18 heavy (non-hydrogen) atoms. The highest BCUT2D eigenvalue weighted by Gasteiger charge is 2.61. The normalized spacial score (nSPS) is 18.9. The molecule has 0 aromatic heterocycles. The van der Waals surface area contributed by atoms with Gasteiger partial charge in [-0.05, 0) is 18.8 Å². The highest BCUT2D eigenvalue weighted by molar-refractivity contribution is 5.80. The molecule has 0 aliphatic heterocycles. The van der Waals surface area contributed by atoms with Gasteiger partial charge in [-0.1, -0.05) is 0 Å². The highest BCUT2D eigenvalue weighted by atomic mass is 19.4. The van der Waals surface area contributed by atoms with Crippen molar-refractivity contribution >= 4 is 5.91 Å². The largest absolute Gasteiger partial charge is 0.409 e. The average molecular weight is 278 g/mol. The quantitative estimate of drug-likeness (QED) is 0.767. The third-order valence-corrected chi connectivity index (χ3v) is 2.66. The smallest absolute Gasteiger partial charge is 0.354 e. The van der Waals surface area contributed by atoms with E-state index in [9.17, 15) is 31.1 Å². The Labute approximate surface area is 98.7 Å². The summed E-state index contributed by atoms with van der Waals surface area (Å²) < 4.78 is 72.9. The Bertz CT molecular complexity index is 295. The van der Waals surface area contributed by atoms with Crippen molar-refractivity contribution in [3.8, 4) is 0 Å². The van der Waals surface area contributed by atoms with Crippen molar-refractivity contribution in [2.24, 2.45) is 17.6 Å². The molecule has 1 atom stereocenters. The van der Waals surface area contributed by atoms with Gasteiger partial charge in [-0.2, -0.15) is 26.3 Å². The molecule has 3 N–H and O–H groups in total. The summed E-state index contributed by atoms with van der Waals surface area (Å²) >= 11 is 0. The van der Waals surface area contributed by atoms with E-state index in [0.29, 0.717) is 0 Å². The topological polar surface area (TPSA) is 55.1 Å². The fourth-order valence-electron chi connectivity index (χ4n) is 1.49. The van der Waals surface area contributed by atoms with Gasteiger partial charge in [-0.3, -0.25) is 4.79 Å². The number of amides is 1. The predicted octanol–water partition coefficient (Wildman–Crippen LogP) is 1.58. The number of nitrogens with one attached hydrogen (secondary N) is 1. The van der Waals surface area contributed by atoms with Gasteiger partial charge in [0.2, 0.25) is 11.8 Å². The molecule has 106 valence electrons. The van der Waals surface area contributed by atoms with Gasteiger partial charge in [0.15, 0.2) is 0 Å². The first-order valence-electron chi connectivity index (χ1n) is 5.20. The Morgan fingerprint density at radius 2 is 1.61 bits per heavy atom. The number of rotatable bonds is 4. The third kappa shape index (κ3) is 4.04. The van der Waals surface area contributed by atoms with Gasteiger partial charge in [-0.15, -0.1) is 0 Å². The van der Waals surface area contributed by atoms with Crippen molar-refractivity contribution < 1.29 is 31.1 Å². The van der Waals surface area contributed by atoms with E-state index in [0.717, 1.165) is 12.8 Å². The Hall–Kier alpha value is -0.990. The lowest BCUT2D eigenvalue weighted by Crippen LogP contribution is -2.50. The van der Waals surface area contributed by atoms with Crippen LogP contribution in [0.2, 0.25) is 0 Å². The molecular weight excluding hydrogens is 266 g/mol. The Morgan fingerprint density at radius 1 is 1.17 bits per heavy atom. The molecule has 0 heterocycles. The van der Waals surface area contributed by atoms with Crippen LogP contribution in [0.4, 0.5) is 26.3 Å². The molecule has 0 aromatic rings. The van der Waals surface area contributed by atoms with Crippen LogP contribution in [0.5, 0.6) is 0 Å². The number of carbonyl (C=O) groups is 1. The number of hydrogen-bond acceptors (Lipinski definition) is 2. The molecule has 1 rings (SSSR count). The van der Waals surface area contributed by atoms with E-state index in [1.807, 2.05) is 0 Å². The summed E-state index contributed by atoms with van der Waals surface area (Å²) in [5, 5.41) is 1.61. The summed E-state index contributed by atoms with van der Waals surface area (Å²) in [4.78, 5) is 11.0. The maximum atomic E-state index is 12.1. The fraction of sp³-hybridized carbons (Fsp3) is 0.889. The molecule has 3 nitrogen and oxygen atoms in total. The zero-order valence-electron chi connectivity index (χ0n) is 9.11. The van der Waals surface area contributed by atoms with Crippen molar-refractivity contribution in [3.63, 3.8) is 0 Å². The first-order valence-corrected chi connectivity index (χ1v) is 5.20. The van der Waals surface area contributed by atoms with Gasteiger partial charge in [0.25, 0.3) is 0 Å². The van der Waals surface area contributed by atoms with Crippen LogP contribution in [0.1, 0.15) is 12.8 Å². The lowest BCUT2D eigenvalue weighted by Gasteiger charge is -2.22. The summed E-state index contributed by atoms with van der Waals surface area (Å²) in [6, 6.07) is -0.601. The molecule has 0 aromatic carbocycles. The molecule has 1 aliphatic carbocycles. The van der Waals surface area contributed by atoms with Crippen LogP contribution in [0.25, 0.3) is 0 Å². The van der Waals surface area contributed by atoms with Gasteiger partial charge in [-0.25, -0.2) is 0 Å². The van der Waals surface area contributed by atoms with Crippen LogP contribution in [-0.4, -0.2) is 30.8 Å². The molecular formula is C9H12F6N2O. The van der Waals surface area contributed by atoms with Crippen LogP contribution in [0.15, 0.2) is 0 Å². The summed E-state index contributed by atoms with van der Waals surface area (Å²) in [5.41, 5.74) is 5.47. The molecule has 1 fully saturated rings. The molecule has 1 unspecified atom stereocenters. The van der Waals surface area contributed by atoms with E-state index in [1.165, 1.54) is 0 Å². The molecule has 0 bridgehead atoms. The maximum Gasteiger partial charge on any atom is 0.409 e. The molecule has 0 spiro atoms. The van der Waals surface area contributed by atoms with Gasteiger partial charge in [0.1, 0.15) is 0 Å². The van der Waals surface area contributed by atoms with E-state index < -0.39 is 30.2 Å². The van der Waals surface area contributed by atoms with Crippen LogP contribution in [-0.2, 0) is 4.79 Å². The Balaban J connectivity index is 2.59. The average Bonchev–Trinajstić information content (AvgIpc) is 2.91. The lowest BCUT2D eigenvalue weighted by molar-refractivity contribution is -0.274. The van der Waals surface area contributed by atoms with Crippen LogP contribution < -0.4 is 11.1 Å². The number of carbonyl (C=O) groups excluding carboxylic acids is 1. The molecule has 0 radical (unpaired) electrons. The van der Waals surface area contributed by atoms with Crippen molar-refractivity contribution in [2.75, 3.05) is 6.54 Å². The number of hydrogen-bond donors (Lipinski definition) is 2.